The highest BCUT2D eigenvalue weighted by atomic mass is 16.1. The Balaban J connectivity index is 2.81. The molecule has 16 heavy (non-hydrogen) atoms. The number of nitrogens with zero attached hydrogens (tertiary/aromatic N) is 2. The van der Waals surface area contributed by atoms with E-state index in [9.17, 15) is 4.79 Å². The third-order valence-electron chi connectivity index (χ3n) is 2.63. The molecule has 0 saturated heterocycles. The summed E-state index contributed by atoms with van der Waals surface area (Å²) >= 11 is 0. The van der Waals surface area contributed by atoms with Gasteiger partial charge in [-0.25, -0.2) is 4.98 Å². The molecule has 2 rings (SSSR count). The molecule has 0 saturated carbocycles. The minimum absolute atomic E-state index is 0.107. The molecule has 0 aromatic carbocycles. The topological polar surface area (TPSA) is 50.7 Å². The Morgan fingerprint density at radius 1 is 1.62 bits per heavy atom. The lowest BCUT2D eigenvalue weighted by atomic mass is 10.2. The molecule has 84 valence electrons. The molecular formula is C12H15N3O. The molecule has 0 bridgehead atoms. The van der Waals surface area contributed by atoms with Crippen molar-refractivity contribution in [2.24, 2.45) is 7.05 Å². The Bertz CT molecular complexity index is 592. The van der Waals surface area contributed by atoms with Crippen LogP contribution in [0, 0.1) is 0 Å². The van der Waals surface area contributed by atoms with Crippen LogP contribution in [0.2, 0.25) is 0 Å². The summed E-state index contributed by atoms with van der Waals surface area (Å²) in [5, 5.41) is 0. The van der Waals surface area contributed by atoms with E-state index in [-0.39, 0.29) is 5.56 Å². The summed E-state index contributed by atoms with van der Waals surface area (Å²) in [5.41, 5.74) is 2.44. The largest absolute Gasteiger partial charge is 0.344 e. The highest BCUT2D eigenvalue weighted by Crippen LogP contribution is 2.16. The van der Waals surface area contributed by atoms with Gasteiger partial charge in [-0.05, 0) is 18.1 Å². The number of rotatable bonds is 3. The van der Waals surface area contributed by atoms with E-state index < -0.39 is 0 Å². The lowest BCUT2D eigenvalue weighted by Gasteiger charge is -1.97. The zero-order valence-electron chi connectivity index (χ0n) is 9.58. The van der Waals surface area contributed by atoms with Crippen LogP contribution < -0.4 is 5.56 Å². The average molecular weight is 217 g/mol. The highest BCUT2D eigenvalue weighted by molar-refractivity contribution is 5.79. The maximum Gasteiger partial charge on any atom is 0.275 e. The Morgan fingerprint density at radius 3 is 3.00 bits per heavy atom. The van der Waals surface area contributed by atoms with Crippen molar-refractivity contribution in [2.75, 3.05) is 0 Å². The van der Waals surface area contributed by atoms with E-state index in [0.29, 0.717) is 11.3 Å². The first kappa shape index (κ1) is 10.7. The normalized spacial score (nSPS) is 10.9. The van der Waals surface area contributed by atoms with Crippen LogP contribution in [-0.2, 0) is 13.5 Å². The molecular weight excluding hydrogens is 202 g/mol. The van der Waals surface area contributed by atoms with E-state index >= 15 is 0 Å². The number of aromatic amines is 1. The third kappa shape index (κ3) is 1.56. The monoisotopic (exact) mass is 217 g/mol. The molecule has 4 heteroatoms. The number of hydrogen-bond donors (Lipinski definition) is 1. The van der Waals surface area contributed by atoms with Gasteiger partial charge in [-0.2, -0.15) is 0 Å². The summed E-state index contributed by atoms with van der Waals surface area (Å²) < 4.78 is 1.83. The Morgan fingerprint density at radius 2 is 2.38 bits per heavy atom. The Hall–Kier alpha value is -1.84. The number of hydrogen-bond acceptors (Lipinski definition) is 2. The maximum absolute atomic E-state index is 11.8. The van der Waals surface area contributed by atoms with E-state index in [1.54, 1.807) is 6.08 Å². The summed E-state index contributed by atoms with van der Waals surface area (Å²) in [6.07, 6.45) is 5.51. The first-order chi connectivity index (χ1) is 7.67. The summed E-state index contributed by atoms with van der Waals surface area (Å²) in [6.45, 7) is 5.73. The van der Waals surface area contributed by atoms with Crippen LogP contribution >= 0.6 is 0 Å². The van der Waals surface area contributed by atoms with Gasteiger partial charge in [0, 0.05) is 13.2 Å². The predicted octanol–water partition coefficient (Wildman–Crippen LogP) is 1.86. The SMILES string of the molecule is C=Cc1nc2c(CCC)cn(C)c2c(=O)[nH]1. The third-order valence-corrected chi connectivity index (χ3v) is 2.63. The first-order valence-corrected chi connectivity index (χ1v) is 5.38. The fourth-order valence-corrected chi connectivity index (χ4v) is 1.94. The maximum atomic E-state index is 11.8. The van der Waals surface area contributed by atoms with Gasteiger partial charge in [0.15, 0.2) is 0 Å². The van der Waals surface area contributed by atoms with Crippen molar-refractivity contribution >= 4 is 17.1 Å². The van der Waals surface area contributed by atoms with Crippen molar-refractivity contribution in [1.82, 2.24) is 14.5 Å². The molecule has 0 amide bonds. The summed E-state index contributed by atoms with van der Waals surface area (Å²) in [5.74, 6) is 0.529. The molecule has 0 atom stereocenters. The van der Waals surface area contributed by atoms with E-state index in [0.717, 1.165) is 23.9 Å². The number of fused-ring (bicyclic) bond motifs is 1. The Labute approximate surface area is 93.6 Å². The Kier molecular flexibility index (Phi) is 2.64. The van der Waals surface area contributed by atoms with Crippen LogP contribution in [-0.4, -0.2) is 14.5 Å². The van der Waals surface area contributed by atoms with Crippen LogP contribution in [0.5, 0.6) is 0 Å². The zero-order chi connectivity index (χ0) is 11.7. The van der Waals surface area contributed by atoms with Crippen molar-refractivity contribution in [3.8, 4) is 0 Å². The minimum atomic E-state index is -0.107. The predicted molar refractivity (Wildman–Crippen MR) is 65.4 cm³/mol. The van der Waals surface area contributed by atoms with Gasteiger partial charge in [0.25, 0.3) is 5.56 Å². The van der Waals surface area contributed by atoms with E-state index in [4.69, 9.17) is 0 Å². The zero-order valence-corrected chi connectivity index (χ0v) is 9.58. The molecule has 0 fully saturated rings. The molecule has 2 aromatic rings. The molecule has 0 unspecified atom stereocenters. The first-order valence-electron chi connectivity index (χ1n) is 5.38. The van der Waals surface area contributed by atoms with Gasteiger partial charge < -0.3 is 9.55 Å². The van der Waals surface area contributed by atoms with Gasteiger partial charge in [-0.3, -0.25) is 4.79 Å². The van der Waals surface area contributed by atoms with Gasteiger partial charge in [0.2, 0.25) is 0 Å². The molecule has 4 nitrogen and oxygen atoms in total. The highest BCUT2D eigenvalue weighted by Gasteiger charge is 2.11. The lowest BCUT2D eigenvalue weighted by Crippen LogP contribution is -2.12. The minimum Gasteiger partial charge on any atom is -0.344 e. The van der Waals surface area contributed by atoms with Gasteiger partial charge in [0.1, 0.15) is 11.3 Å². The fraction of sp³-hybridized carbons (Fsp3) is 0.333. The van der Waals surface area contributed by atoms with Crippen LogP contribution in [0.3, 0.4) is 0 Å². The van der Waals surface area contributed by atoms with Crippen molar-refractivity contribution in [1.29, 1.82) is 0 Å². The second-order valence-electron chi connectivity index (χ2n) is 3.87. The molecule has 1 N–H and O–H groups in total. The smallest absolute Gasteiger partial charge is 0.275 e. The number of nitrogens with one attached hydrogen (secondary N) is 1. The van der Waals surface area contributed by atoms with Gasteiger partial charge in [-0.1, -0.05) is 19.9 Å². The lowest BCUT2D eigenvalue weighted by molar-refractivity contribution is 0.901. The van der Waals surface area contributed by atoms with E-state index in [1.807, 2.05) is 17.8 Å². The summed E-state index contributed by atoms with van der Waals surface area (Å²) in [6, 6.07) is 0. The van der Waals surface area contributed by atoms with Crippen LogP contribution in [0.4, 0.5) is 0 Å². The van der Waals surface area contributed by atoms with Gasteiger partial charge in [-0.15, -0.1) is 0 Å². The molecule has 0 aliphatic rings. The molecule has 0 aliphatic carbocycles. The van der Waals surface area contributed by atoms with Crippen molar-refractivity contribution in [3.63, 3.8) is 0 Å². The van der Waals surface area contributed by atoms with E-state index in [1.165, 1.54) is 0 Å². The van der Waals surface area contributed by atoms with Crippen LogP contribution in [0.1, 0.15) is 24.7 Å². The molecule has 2 heterocycles. The molecule has 2 aromatic heterocycles. The summed E-state index contributed by atoms with van der Waals surface area (Å²) in [7, 11) is 1.87. The van der Waals surface area contributed by atoms with Crippen molar-refractivity contribution in [2.45, 2.75) is 19.8 Å². The molecule has 0 aliphatic heterocycles. The fourth-order valence-electron chi connectivity index (χ4n) is 1.94. The van der Waals surface area contributed by atoms with Crippen LogP contribution in [0.15, 0.2) is 17.6 Å². The molecule has 0 radical (unpaired) electrons. The second-order valence-corrected chi connectivity index (χ2v) is 3.87. The van der Waals surface area contributed by atoms with Crippen LogP contribution in [0.25, 0.3) is 17.1 Å². The second kappa shape index (κ2) is 3.96. The quantitative estimate of drug-likeness (QED) is 0.853. The van der Waals surface area contributed by atoms with Gasteiger partial charge >= 0.3 is 0 Å². The van der Waals surface area contributed by atoms with Gasteiger partial charge in [0.05, 0.1) is 5.52 Å². The average Bonchev–Trinajstić information content (AvgIpc) is 2.56. The van der Waals surface area contributed by atoms with Crippen molar-refractivity contribution < 1.29 is 0 Å². The van der Waals surface area contributed by atoms with E-state index in [2.05, 4.69) is 23.5 Å². The number of H-pyrrole nitrogens is 1. The summed E-state index contributed by atoms with van der Waals surface area (Å²) in [4.78, 5) is 18.9. The van der Waals surface area contributed by atoms with Crippen molar-refractivity contribution in [3.05, 3.63) is 34.5 Å². The standard InChI is InChI=1S/C12H15N3O/c1-4-6-8-7-15(3)11-10(8)13-9(5-2)14-12(11)16/h5,7H,2,4,6H2,1,3H3,(H,13,14,16). The number of aryl methyl sites for hydroxylation is 2. The molecule has 0 spiro atoms. The number of aromatic nitrogens is 3.